The fraction of sp³-hybridized carbons (Fsp3) is 0.172. The fourth-order valence-corrected chi connectivity index (χ4v) is 4.88. The van der Waals surface area contributed by atoms with Crippen LogP contribution in [0.5, 0.6) is 5.75 Å². The summed E-state index contributed by atoms with van der Waals surface area (Å²) in [5.74, 6) is 1.18. The Hall–Kier alpha value is -3.89. The molecule has 0 spiro atoms. The summed E-state index contributed by atoms with van der Waals surface area (Å²) < 4.78 is 8.93. The van der Waals surface area contributed by atoms with Gasteiger partial charge in [-0.25, -0.2) is 5.43 Å². The zero-order chi connectivity index (χ0) is 27.5. The molecular formula is C29H29BrN6O2S. The number of hydrogen-bond donors (Lipinski definition) is 2. The van der Waals surface area contributed by atoms with Gasteiger partial charge in [0.25, 0.3) is 5.91 Å². The van der Waals surface area contributed by atoms with E-state index in [2.05, 4.69) is 48.6 Å². The number of amides is 1. The molecule has 0 radical (unpaired) electrons. The number of hydrazone groups is 1. The van der Waals surface area contributed by atoms with Gasteiger partial charge in [0.1, 0.15) is 12.4 Å². The molecule has 0 aliphatic heterocycles. The van der Waals surface area contributed by atoms with Crippen molar-refractivity contribution in [2.24, 2.45) is 5.10 Å². The topological polar surface area (TPSA) is 93.4 Å². The van der Waals surface area contributed by atoms with Gasteiger partial charge in [-0.2, -0.15) is 5.10 Å². The average molecular weight is 606 g/mol. The molecule has 1 atom stereocenters. The number of thioether (sulfide) groups is 1. The minimum Gasteiger partial charge on any atom is -0.488 e. The van der Waals surface area contributed by atoms with Crippen LogP contribution < -0.4 is 15.5 Å². The van der Waals surface area contributed by atoms with Crippen molar-refractivity contribution in [3.05, 3.63) is 113 Å². The molecule has 200 valence electrons. The molecular weight excluding hydrogens is 576 g/mol. The summed E-state index contributed by atoms with van der Waals surface area (Å²) in [5, 5.41) is 16.3. The molecule has 0 saturated carbocycles. The molecule has 0 fully saturated rings. The second kappa shape index (κ2) is 14.3. The van der Waals surface area contributed by atoms with Crippen LogP contribution in [-0.4, -0.2) is 32.1 Å². The maximum absolute atomic E-state index is 12.8. The van der Waals surface area contributed by atoms with Gasteiger partial charge in [0.15, 0.2) is 11.0 Å². The Balaban J connectivity index is 1.34. The van der Waals surface area contributed by atoms with Crippen molar-refractivity contribution in [1.29, 1.82) is 0 Å². The van der Waals surface area contributed by atoms with E-state index in [-0.39, 0.29) is 5.91 Å². The van der Waals surface area contributed by atoms with Crippen LogP contribution in [-0.2, 0) is 24.5 Å². The van der Waals surface area contributed by atoms with Crippen LogP contribution in [0.1, 0.15) is 23.9 Å². The third-order valence-electron chi connectivity index (χ3n) is 5.56. The first-order valence-corrected chi connectivity index (χ1v) is 14.0. The van der Waals surface area contributed by atoms with Crippen LogP contribution in [0.4, 0.5) is 5.69 Å². The highest BCUT2D eigenvalue weighted by molar-refractivity contribution is 9.10. The van der Waals surface area contributed by atoms with E-state index in [9.17, 15) is 4.79 Å². The lowest BCUT2D eigenvalue weighted by molar-refractivity contribution is -0.120. The zero-order valence-electron chi connectivity index (χ0n) is 21.5. The highest BCUT2D eigenvalue weighted by atomic mass is 79.9. The van der Waals surface area contributed by atoms with Gasteiger partial charge in [-0.05, 0) is 48.9 Å². The number of allylic oxidation sites excluding steroid dienone is 1. The molecule has 0 saturated heterocycles. The van der Waals surface area contributed by atoms with Crippen molar-refractivity contribution in [3.8, 4) is 5.75 Å². The third kappa shape index (κ3) is 8.30. The highest BCUT2D eigenvalue weighted by Crippen LogP contribution is 2.23. The van der Waals surface area contributed by atoms with Crippen LogP contribution >= 0.6 is 27.7 Å². The number of aromatic nitrogens is 3. The number of carbonyl (C=O) groups excluding carboxylic acids is 1. The second-order valence-electron chi connectivity index (χ2n) is 8.47. The first kappa shape index (κ1) is 28.1. The van der Waals surface area contributed by atoms with E-state index in [0.29, 0.717) is 30.6 Å². The Labute approximate surface area is 240 Å². The van der Waals surface area contributed by atoms with Crippen molar-refractivity contribution < 1.29 is 9.53 Å². The van der Waals surface area contributed by atoms with Crippen LogP contribution in [0.2, 0.25) is 0 Å². The molecule has 10 heteroatoms. The molecule has 0 unspecified atom stereocenters. The van der Waals surface area contributed by atoms with Crippen LogP contribution in [0.25, 0.3) is 0 Å². The maximum atomic E-state index is 12.8. The summed E-state index contributed by atoms with van der Waals surface area (Å²) in [6, 6.07) is 25.4. The predicted octanol–water partition coefficient (Wildman–Crippen LogP) is 6.05. The van der Waals surface area contributed by atoms with Gasteiger partial charge < -0.3 is 14.6 Å². The van der Waals surface area contributed by atoms with Gasteiger partial charge in [-0.15, -0.1) is 16.8 Å². The number of benzene rings is 3. The van der Waals surface area contributed by atoms with E-state index in [1.54, 1.807) is 19.2 Å². The Kier molecular flexibility index (Phi) is 10.3. The maximum Gasteiger partial charge on any atom is 0.253 e. The SMILES string of the molecule is C=CCn1c(CNc2ccccc2)nnc1S[C@@H](C)C(=O)N/N=C/c1ccccc1OCc1cccc(Br)c1. The van der Waals surface area contributed by atoms with E-state index in [0.717, 1.165) is 27.1 Å². The van der Waals surface area contributed by atoms with Gasteiger partial charge in [0.05, 0.1) is 18.0 Å². The first-order chi connectivity index (χ1) is 19.0. The molecule has 8 nitrogen and oxygen atoms in total. The number of anilines is 1. The number of hydrogen-bond acceptors (Lipinski definition) is 7. The lowest BCUT2D eigenvalue weighted by atomic mass is 10.2. The number of carbonyl (C=O) groups is 1. The Morgan fingerprint density at radius 3 is 2.72 bits per heavy atom. The molecule has 1 heterocycles. The van der Waals surface area contributed by atoms with E-state index in [4.69, 9.17) is 4.74 Å². The largest absolute Gasteiger partial charge is 0.488 e. The smallest absolute Gasteiger partial charge is 0.253 e. The number of halogens is 1. The lowest BCUT2D eigenvalue weighted by Gasteiger charge is -2.12. The lowest BCUT2D eigenvalue weighted by Crippen LogP contribution is -2.27. The number of nitrogens with one attached hydrogen (secondary N) is 2. The van der Waals surface area contributed by atoms with Crippen molar-refractivity contribution in [1.82, 2.24) is 20.2 Å². The average Bonchev–Trinajstić information content (AvgIpc) is 3.32. The minimum atomic E-state index is -0.451. The highest BCUT2D eigenvalue weighted by Gasteiger charge is 2.19. The summed E-state index contributed by atoms with van der Waals surface area (Å²) in [7, 11) is 0. The van der Waals surface area contributed by atoms with Crippen molar-refractivity contribution in [3.63, 3.8) is 0 Å². The van der Waals surface area contributed by atoms with Gasteiger partial charge in [-0.1, -0.05) is 76.2 Å². The van der Waals surface area contributed by atoms with Gasteiger partial charge in [0.2, 0.25) is 0 Å². The minimum absolute atomic E-state index is 0.249. The van der Waals surface area contributed by atoms with Crippen LogP contribution in [0.3, 0.4) is 0 Å². The molecule has 0 aliphatic carbocycles. The van der Waals surface area contributed by atoms with Gasteiger partial charge >= 0.3 is 0 Å². The number of para-hydroxylation sites is 2. The molecule has 1 amide bonds. The molecule has 4 aromatic rings. The summed E-state index contributed by atoms with van der Waals surface area (Å²) in [6.45, 7) is 7.10. The molecule has 4 rings (SSSR count). The Morgan fingerprint density at radius 1 is 1.13 bits per heavy atom. The zero-order valence-corrected chi connectivity index (χ0v) is 23.9. The van der Waals surface area contributed by atoms with E-state index >= 15 is 0 Å². The summed E-state index contributed by atoms with van der Waals surface area (Å²) in [5.41, 5.74) is 5.41. The van der Waals surface area contributed by atoms with Crippen LogP contribution in [0, 0.1) is 0 Å². The molecule has 39 heavy (non-hydrogen) atoms. The van der Waals surface area contributed by atoms with Crippen molar-refractivity contribution >= 4 is 45.5 Å². The van der Waals surface area contributed by atoms with Gasteiger partial charge in [-0.3, -0.25) is 4.79 Å². The standard InChI is InChI=1S/C29H29BrN6O2S/c1-3-16-36-27(19-31-25-13-5-4-6-14-25)33-35-29(36)39-21(2)28(37)34-32-18-23-11-7-8-15-26(23)38-20-22-10-9-12-24(30)17-22/h3-15,17-18,21,31H,1,16,19-20H2,2H3,(H,34,37)/b32-18+/t21-/m0/s1. The quantitative estimate of drug-likeness (QED) is 0.0835. The Morgan fingerprint density at radius 2 is 1.92 bits per heavy atom. The Bertz CT molecular complexity index is 1430. The summed E-state index contributed by atoms with van der Waals surface area (Å²) in [6.07, 6.45) is 3.36. The van der Waals surface area contributed by atoms with E-state index < -0.39 is 5.25 Å². The van der Waals surface area contributed by atoms with E-state index in [1.807, 2.05) is 83.4 Å². The second-order valence-corrected chi connectivity index (χ2v) is 10.7. The normalized spacial score (nSPS) is 11.7. The number of rotatable bonds is 13. The molecule has 0 aliphatic rings. The number of ether oxygens (including phenoxy) is 1. The predicted molar refractivity (Wildman–Crippen MR) is 160 cm³/mol. The van der Waals surface area contributed by atoms with Crippen molar-refractivity contribution in [2.75, 3.05) is 5.32 Å². The molecule has 1 aromatic heterocycles. The van der Waals surface area contributed by atoms with Gasteiger partial charge in [0, 0.05) is 22.3 Å². The van der Waals surface area contributed by atoms with Crippen molar-refractivity contribution in [2.45, 2.75) is 37.0 Å². The molecule has 3 aromatic carbocycles. The van der Waals surface area contributed by atoms with E-state index in [1.165, 1.54) is 11.8 Å². The summed E-state index contributed by atoms with van der Waals surface area (Å²) in [4.78, 5) is 12.8. The summed E-state index contributed by atoms with van der Waals surface area (Å²) >= 11 is 4.79. The first-order valence-electron chi connectivity index (χ1n) is 12.3. The monoisotopic (exact) mass is 604 g/mol. The fourth-order valence-electron chi connectivity index (χ4n) is 3.56. The van der Waals surface area contributed by atoms with Crippen LogP contribution in [0.15, 0.2) is 106 Å². The molecule has 2 N–H and O–H groups in total. The number of nitrogens with zero attached hydrogens (tertiary/aromatic N) is 4. The molecule has 0 bridgehead atoms. The third-order valence-corrected chi connectivity index (χ3v) is 7.14.